The van der Waals surface area contributed by atoms with E-state index in [1.54, 1.807) is 25.1 Å². The fourth-order valence-electron chi connectivity index (χ4n) is 2.11. The minimum Gasteiger partial charge on any atom is -0.343 e. The van der Waals surface area contributed by atoms with Crippen molar-refractivity contribution in [3.05, 3.63) is 28.2 Å². The monoisotopic (exact) mass is 300 g/mol. The van der Waals surface area contributed by atoms with Gasteiger partial charge in [-0.1, -0.05) is 36.2 Å². The summed E-state index contributed by atoms with van der Waals surface area (Å²) in [6, 6.07) is 3.92. The van der Waals surface area contributed by atoms with Crippen LogP contribution in [0.15, 0.2) is 18.2 Å². The number of benzene rings is 1. The van der Waals surface area contributed by atoms with Crippen LogP contribution in [0.25, 0.3) is 0 Å². The van der Waals surface area contributed by atoms with Crippen molar-refractivity contribution in [2.24, 2.45) is 0 Å². The minimum absolute atomic E-state index is 0.168. The highest BCUT2D eigenvalue weighted by Crippen LogP contribution is 2.34. The molecule has 1 saturated heterocycles. The molecule has 1 heterocycles. The molecule has 102 valence electrons. The normalized spacial score (nSPS) is 23.5. The van der Waals surface area contributed by atoms with Crippen LogP contribution in [0.2, 0.25) is 10.0 Å². The first-order valence-corrected chi connectivity index (χ1v) is 6.80. The zero-order chi connectivity index (χ0) is 14.2. The smallest absolute Gasteiger partial charge is 0.250 e. The highest BCUT2D eigenvalue weighted by atomic mass is 35.5. The first-order valence-electron chi connectivity index (χ1n) is 6.04. The van der Waals surface area contributed by atoms with Gasteiger partial charge in [0.05, 0.1) is 15.7 Å². The van der Waals surface area contributed by atoms with Crippen LogP contribution in [0.5, 0.6) is 0 Å². The molecular formula is C13H14Cl2N2O2. The quantitative estimate of drug-likeness (QED) is 0.913. The van der Waals surface area contributed by atoms with Crippen LogP contribution in [-0.2, 0) is 9.59 Å². The van der Waals surface area contributed by atoms with Crippen molar-refractivity contribution in [3.8, 4) is 0 Å². The van der Waals surface area contributed by atoms with Crippen molar-refractivity contribution < 1.29 is 9.59 Å². The van der Waals surface area contributed by atoms with Crippen LogP contribution in [0, 0.1) is 0 Å². The first-order chi connectivity index (χ1) is 8.97. The average molecular weight is 301 g/mol. The molecule has 0 aliphatic carbocycles. The maximum atomic E-state index is 12.4. The van der Waals surface area contributed by atoms with Crippen LogP contribution in [0.1, 0.15) is 20.3 Å². The van der Waals surface area contributed by atoms with Gasteiger partial charge in [-0.3, -0.25) is 14.5 Å². The van der Waals surface area contributed by atoms with Crippen LogP contribution >= 0.6 is 23.2 Å². The summed E-state index contributed by atoms with van der Waals surface area (Å²) < 4.78 is 0. The summed E-state index contributed by atoms with van der Waals surface area (Å²) in [5.74, 6) is -0.360. The summed E-state index contributed by atoms with van der Waals surface area (Å²) in [4.78, 5) is 25.7. The molecule has 2 amide bonds. The zero-order valence-corrected chi connectivity index (χ0v) is 12.1. The number of piperazine rings is 1. The maximum absolute atomic E-state index is 12.4. The number of carbonyl (C=O) groups excluding carboxylic acids is 2. The molecule has 1 N–H and O–H groups in total. The largest absolute Gasteiger partial charge is 0.343 e. The molecule has 0 radical (unpaired) electrons. The van der Waals surface area contributed by atoms with E-state index in [0.29, 0.717) is 17.1 Å². The molecule has 2 rings (SSSR count). The van der Waals surface area contributed by atoms with E-state index in [2.05, 4.69) is 5.32 Å². The molecule has 19 heavy (non-hydrogen) atoms. The Morgan fingerprint density at radius 2 is 2.00 bits per heavy atom. The Bertz CT molecular complexity index is 533. The van der Waals surface area contributed by atoms with Gasteiger partial charge in [-0.2, -0.15) is 0 Å². The zero-order valence-electron chi connectivity index (χ0n) is 10.6. The van der Waals surface area contributed by atoms with E-state index in [0.717, 1.165) is 0 Å². The molecule has 0 bridgehead atoms. The summed E-state index contributed by atoms with van der Waals surface area (Å²) in [6.07, 6.45) is 0.534. The molecule has 1 aromatic carbocycles. The molecule has 6 heteroatoms. The van der Waals surface area contributed by atoms with Crippen LogP contribution in [0.3, 0.4) is 0 Å². The van der Waals surface area contributed by atoms with Gasteiger partial charge in [0, 0.05) is 0 Å². The van der Waals surface area contributed by atoms with Crippen molar-refractivity contribution in [2.75, 3.05) is 4.90 Å². The minimum atomic E-state index is -0.605. The second-order valence-electron chi connectivity index (χ2n) is 4.43. The Hall–Kier alpha value is -1.26. The van der Waals surface area contributed by atoms with Crippen LogP contribution < -0.4 is 10.2 Å². The van der Waals surface area contributed by atoms with E-state index in [1.165, 1.54) is 4.90 Å². The number of nitrogens with zero attached hydrogens (tertiary/aromatic N) is 1. The highest BCUT2D eigenvalue weighted by Gasteiger charge is 2.38. The molecule has 1 aliphatic heterocycles. The number of hydrogen-bond donors (Lipinski definition) is 1. The molecule has 1 aliphatic rings. The van der Waals surface area contributed by atoms with Gasteiger partial charge in [-0.15, -0.1) is 0 Å². The Morgan fingerprint density at radius 3 is 2.63 bits per heavy atom. The molecule has 0 spiro atoms. The molecule has 1 aromatic rings. The van der Waals surface area contributed by atoms with Gasteiger partial charge in [-0.05, 0) is 25.5 Å². The number of anilines is 1. The summed E-state index contributed by atoms with van der Waals surface area (Å²) in [5.41, 5.74) is 0.472. The Kier molecular flexibility index (Phi) is 4.02. The third kappa shape index (κ3) is 2.42. The fourth-order valence-corrected chi connectivity index (χ4v) is 2.50. The Labute approximate surface area is 121 Å². The van der Waals surface area contributed by atoms with Crippen LogP contribution in [0.4, 0.5) is 5.69 Å². The van der Waals surface area contributed by atoms with E-state index in [4.69, 9.17) is 23.2 Å². The highest BCUT2D eigenvalue weighted by molar-refractivity contribution is 6.44. The molecule has 4 nitrogen and oxygen atoms in total. The summed E-state index contributed by atoms with van der Waals surface area (Å²) in [5, 5.41) is 3.34. The lowest BCUT2D eigenvalue weighted by Crippen LogP contribution is -2.62. The van der Waals surface area contributed by atoms with Crippen molar-refractivity contribution in [1.82, 2.24) is 5.32 Å². The fraction of sp³-hybridized carbons (Fsp3) is 0.385. The lowest BCUT2D eigenvalue weighted by molar-refractivity contribution is -0.133. The molecule has 1 fully saturated rings. The third-order valence-electron chi connectivity index (χ3n) is 3.22. The van der Waals surface area contributed by atoms with Gasteiger partial charge < -0.3 is 5.32 Å². The molecule has 2 unspecified atom stereocenters. The van der Waals surface area contributed by atoms with E-state index >= 15 is 0 Å². The predicted molar refractivity (Wildman–Crippen MR) is 75.6 cm³/mol. The van der Waals surface area contributed by atoms with E-state index in [-0.39, 0.29) is 16.8 Å². The molecular weight excluding hydrogens is 287 g/mol. The second kappa shape index (κ2) is 5.39. The second-order valence-corrected chi connectivity index (χ2v) is 5.21. The molecule has 2 atom stereocenters. The summed E-state index contributed by atoms with van der Waals surface area (Å²) in [7, 11) is 0. The standard InChI is InChI=1S/C13H14Cl2N2O2/c1-3-9-13(19)17(7(2)12(18)16-9)10-6-4-5-8(14)11(10)15/h4-7,9H,3H2,1-2H3,(H,16,18). The Balaban J connectivity index is 2.48. The number of amides is 2. The number of halogens is 2. The van der Waals surface area contributed by atoms with Crippen molar-refractivity contribution in [1.29, 1.82) is 0 Å². The number of nitrogens with one attached hydrogen (secondary N) is 1. The maximum Gasteiger partial charge on any atom is 0.250 e. The van der Waals surface area contributed by atoms with Crippen molar-refractivity contribution in [2.45, 2.75) is 32.4 Å². The molecule has 0 aromatic heterocycles. The van der Waals surface area contributed by atoms with E-state index in [9.17, 15) is 9.59 Å². The van der Waals surface area contributed by atoms with Crippen LogP contribution in [-0.4, -0.2) is 23.9 Å². The number of carbonyl (C=O) groups is 2. The SMILES string of the molecule is CCC1NC(=O)C(C)N(c2cccc(Cl)c2Cl)C1=O. The predicted octanol–water partition coefficient (Wildman–Crippen LogP) is 2.62. The van der Waals surface area contributed by atoms with E-state index in [1.807, 2.05) is 6.92 Å². The van der Waals surface area contributed by atoms with Crippen molar-refractivity contribution >= 4 is 40.7 Å². The van der Waals surface area contributed by atoms with Gasteiger partial charge in [0.1, 0.15) is 12.1 Å². The first kappa shape index (κ1) is 14.2. The third-order valence-corrected chi connectivity index (χ3v) is 4.03. The number of hydrogen-bond acceptors (Lipinski definition) is 2. The summed E-state index contributed by atoms with van der Waals surface area (Å²) in [6.45, 7) is 3.51. The van der Waals surface area contributed by atoms with Gasteiger partial charge in [0.2, 0.25) is 11.8 Å². The average Bonchev–Trinajstić information content (AvgIpc) is 2.39. The van der Waals surface area contributed by atoms with Gasteiger partial charge in [0.25, 0.3) is 0 Å². The van der Waals surface area contributed by atoms with Gasteiger partial charge in [-0.25, -0.2) is 0 Å². The van der Waals surface area contributed by atoms with Gasteiger partial charge in [0.15, 0.2) is 0 Å². The molecule has 0 saturated carbocycles. The van der Waals surface area contributed by atoms with E-state index < -0.39 is 12.1 Å². The lowest BCUT2D eigenvalue weighted by Gasteiger charge is -2.37. The summed E-state index contributed by atoms with van der Waals surface area (Å²) >= 11 is 12.1. The Morgan fingerprint density at radius 1 is 1.32 bits per heavy atom. The lowest BCUT2D eigenvalue weighted by atomic mass is 10.1. The number of rotatable bonds is 2. The topological polar surface area (TPSA) is 49.4 Å². The van der Waals surface area contributed by atoms with Gasteiger partial charge >= 0.3 is 0 Å². The van der Waals surface area contributed by atoms with Crippen molar-refractivity contribution in [3.63, 3.8) is 0 Å².